The first-order chi connectivity index (χ1) is 9.38. The maximum atomic E-state index is 5.48. The number of hydrogen-bond acceptors (Lipinski definition) is 3. The second kappa shape index (κ2) is 4.20. The Morgan fingerprint density at radius 3 is 3.21 bits per heavy atom. The number of fused-ring (bicyclic) bond motifs is 2. The monoisotopic (exact) mass is 254 g/mol. The molecule has 0 N–H and O–H groups in total. The third-order valence-corrected chi connectivity index (χ3v) is 4.45. The van der Waals surface area contributed by atoms with Gasteiger partial charge in [0.2, 0.25) is 0 Å². The van der Waals surface area contributed by atoms with Crippen LogP contribution in [0.1, 0.15) is 36.1 Å². The third kappa shape index (κ3) is 1.58. The largest absolute Gasteiger partial charge is 0.356 e. The van der Waals surface area contributed by atoms with Crippen molar-refractivity contribution in [1.82, 2.24) is 10.1 Å². The van der Waals surface area contributed by atoms with E-state index >= 15 is 0 Å². The van der Waals surface area contributed by atoms with Crippen molar-refractivity contribution in [1.29, 1.82) is 0 Å². The van der Waals surface area contributed by atoms with Crippen LogP contribution in [0.2, 0.25) is 0 Å². The minimum atomic E-state index is 0.520. The highest BCUT2D eigenvalue weighted by molar-refractivity contribution is 5.70. The Balaban J connectivity index is 1.90. The molecule has 1 unspecified atom stereocenters. The van der Waals surface area contributed by atoms with Gasteiger partial charge in [0.1, 0.15) is 0 Å². The minimum absolute atomic E-state index is 0.520. The van der Waals surface area contributed by atoms with Crippen molar-refractivity contribution in [3.63, 3.8) is 0 Å². The molecule has 98 valence electrons. The number of rotatable bonds is 2. The van der Waals surface area contributed by atoms with Gasteiger partial charge in [-0.05, 0) is 36.9 Å². The van der Waals surface area contributed by atoms with E-state index in [-0.39, 0.29) is 0 Å². The summed E-state index contributed by atoms with van der Waals surface area (Å²) in [5.41, 5.74) is 5.52. The predicted molar refractivity (Wildman–Crippen MR) is 74.0 cm³/mol. The van der Waals surface area contributed by atoms with E-state index in [4.69, 9.17) is 4.52 Å². The Hall–Kier alpha value is -1.61. The first kappa shape index (κ1) is 11.2. The lowest BCUT2D eigenvalue weighted by Gasteiger charge is -2.40. The van der Waals surface area contributed by atoms with Crippen molar-refractivity contribution in [2.75, 3.05) is 13.1 Å². The van der Waals surface area contributed by atoms with Gasteiger partial charge in [-0.1, -0.05) is 30.3 Å². The fourth-order valence-electron chi connectivity index (χ4n) is 3.65. The van der Waals surface area contributed by atoms with Crippen molar-refractivity contribution in [2.45, 2.75) is 32.2 Å². The predicted octanol–water partition coefficient (Wildman–Crippen LogP) is 3.21. The third-order valence-electron chi connectivity index (χ3n) is 4.45. The Bertz CT molecular complexity index is 617. The van der Waals surface area contributed by atoms with Crippen LogP contribution in [-0.2, 0) is 12.8 Å². The summed E-state index contributed by atoms with van der Waals surface area (Å²) < 4.78 is 5.48. The van der Waals surface area contributed by atoms with Gasteiger partial charge < -0.3 is 4.52 Å². The van der Waals surface area contributed by atoms with Gasteiger partial charge in [-0.3, -0.25) is 4.90 Å². The van der Waals surface area contributed by atoms with Gasteiger partial charge in [-0.2, -0.15) is 0 Å². The first-order valence-corrected chi connectivity index (χ1v) is 7.18. The van der Waals surface area contributed by atoms with Crippen LogP contribution in [-0.4, -0.2) is 23.1 Å². The average Bonchev–Trinajstić information content (AvgIpc) is 2.90. The van der Waals surface area contributed by atoms with Crippen molar-refractivity contribution < 1.29 is 4.52 Å². The number of aromatic nitrogens is 1. The fourth-order valence-corrected chi connectivity index (χ4v) is 3.65. The number of nitrogens with zero attached hydrogens (tertiary/aromatic N) is 2. The topological polar surface area (TPSA) is 29.3 Å². The van der Waals surface area contributed by atoms with Crippen LogP contribution >= 0.6 is 0 Å². The van der Waals surface area contributed by atoms with Gasteiger partial charge in [0.25, 0.3) is 0 Å². The summed E-state index contributed by atoms with van der Waals surface area (Å²) >= 11 is 0. The molecule has 19 heavy (non-hydrogen) atoms. The molecule has 1 aromatic carbocycles. The molecule has 0 spiro atoms. The Labute approximate surface area is 113 Å². The smallest absolute Gasteiger partial charge is 0.170 e. The van der Waals surface area contributed by atoms with Crippen molar-refractivity contribution in [3.05, 3.63) is 41.1 Å². The van der Waals surface area contributed by atoms with Crippen LogP contribution in [0.4, 0.5) is 0 Å². The molecule has 2 aliphatic rings. The van der Waals surface area contributed by atoms with E-state index in [2.05, 4.69) is 35.2 Å². The van der Waals surface area contributed by atoms with E-state index in [1.54, 1.807) is 0 Å². The van der Waals surface area contributed by atoms with Gasteiger partial charge in [-0.15, -0.1) is 0 Å². The molecule has 1 aromatic heterocycles. The highest BCUT2D eigenvalue weighted by Crippen LogP contribution is 2.44. The molecule has 2 aromatic rings. The Kier molecular flexibility index (Phi) is 2.49. The SMILES string of the molecule is CCCN1CCc2cccc3c2C1Cc1cnoc1-3. The van der Waals surface area contributed by atoms with Gasteiger partial charge in [0, 0.05) is 23.7 Å². The summed E-state index contributed by atoms with van der Waals surface area (Å²) in [7, 11) is 0. The van der Waals surface area contributed by atoms with E-state index in [0.717, 1.165) is 18.6 Å². The molecule has 4 rings (SSSR count). The van der Waals surface area contributed by atoms with E-state index in [1.165, 1.54) is 41.8 Å². The number of hydrogen-bond donors (Lipinski definition) is 0. The molecular weight excluding hydrogens is 236 g/mol. The summed E-state index contributed by atoms with van der Waals surface area (Å²) in [6.07, 6.45) is 5.31. The second-order valence-electron chi connectivity index (χ2n) is 5.56. The molecular formula is C16H18N2O. The molecule has 0 radical (unpaired) electrons. The highest BCUT2D eigenvalue weighted by atomic mass is 16.5. The van der Waals surface area contributed by atoms with Crippen LogP contribution in [0.5, 0.6) is 0 Å². The molecule has 1 atom stereocenters. The Morgan fingerprint density at radius 2 is 2.32 bits per heavy atom. The quantitative estimate of drug-likeness (QED) is 0.824. The molecule has 1 aliphatic carbocycles. The van der Waals surface area contributed by atoms with Crippen LogP contribution < -0.4 is 0 Å². The van der Waals surface area contributed by atoms with Gasteiger partial charge >= 0.3 is 0 Å². The van der Waals surface area contributed by atoms with Gasteiger partial charge in [-0.25, -0.2) is 0 Å². The lowest BCUT2D eigenvalue weighted by atomic mass is 9.80. The Morgan fingerprint density at radius 1 is 1.37 bits per heavy atom. The molecule has 1 aliphatic heterocycles. The number of benzene rings is 1. The summed E-state index contributed by atoms with van der Waals surface area (Å²) in [6, 6.07) is 7.13. The summed E-state index contributed by atoms with van der Waals surface area (Å²) in [4.78, 5) is 2.63. The van der Waals surface area contributed by atoms with Crippen molar-refractivity contribution >= 4 is 0 Å². The van der Waals surface area contributed by atoms with E-state index in [9.17, 15) is 0 Å². The average molecular weight is 254 g/mol. The first-order valence-electron chi connectivity index (χ1n) is 7.18. The molecule has 2 heterocycles. The summed E-state index contributed by atoms with van der Waals surface area (Å²) in [6.45, 7) is 4.61. The van der Waals surface area contributed by atoms with E-state index in [1.807, 2.05) is 6.20 Å². The van der Waals surface area contributed by atoms with Gasteiger partial charge in [0.15, 0.2) is 5.76 Å². The van der Waals surface area contributed by atoms with Crippen molar-refractivity contribution in [2.24, 2.45) is 0 Å². The molecule has 0 fully saturated rings. The zero-order chi connectivity index (χ0) is 12.8. The van der Waals surface area contributed by atoms with E-state index in [0.29, 0.717) is 6.04 Å². The van der Waals surface area contributed by atoms with Crippen LogP contribution in [0.25, 0.3) is 11.3 Å². The molecule has 0 saturated heterocycles. The lowest BCUT2D eigenvalue weighted by Crippen LogP contribution is -2.38. The van der Waals surface area contributed by atoms with Crippen LogP contribution in [0.3, 0.4) is 0 Å². The van der Waals surface area contributed by atoms with Crippen molar-refractivity contribution in [3.8, 4) is 11.3 Å². The van der Waals surface area contributed by atoms with E-state index < -0.39 is 0 Å². The zero-order valence-corrected chi connectivity index (χ0v) is 11.2. The summed E-state index contributed by atoms with van der Waals surface area (Å²) in [5, 5.41) is 4.00. The highest BCUT2D eigenvalue weighted by Gasteiger charge is 2.35. The molecule has 3 heteroatoms. The molecule has 0 bridgehead atoms. The summed E-state index contributed by atoms with van der Waals surface area (Å²) in [5.74, 6) is 0.992. The van der Waals surface area contributed by atoms with Crippen LogP contribution in [0.15, 0.2) is 28.9 Å². The normalized spacial score (nSPS) is 21.0. The second-order valence-corrected chi connectivity index (χ2v) is 5.56. The van der Waals surface area contributed by atoms with Gasteiger partial charge in [0.05, 0.1) is 6.20 Å². The molecule has 0 amide bonds. The zero-order valence-electron chi connectivity index (χ0n) is 11.2. The standard InChI is InChI=1S/C16H18N2O/c1-2-7-18-8-6-11-4-3-5-13-15(11)14(18)9-12-10-17-19-16(12)13/h3-5,10,14H,2,6-9H2,1H3. The maximum Gasteiger partial charge on any atom is 0.170 e. The fraction of sp³-hybridized carbons (Fsp3) is 0.438. The van der Waals surface area contributed by atoms with Crippen LogP contribution in [0, 0.1) is 0 Å². The minimum Gasteiger partial charge on any atom is -0.356 e. The lowest BCUT2D eigenvalue weighted by molar-refractivity contribution is 0.182. The molecule has 3 nitrogen and oxygen atoms in total. The maximum absolute atomic E-state index is 5.48. The molecule has 0 saturated carbocycles.